The highest BCUT2D eigenvalue weighted by Gasteiger charge is 2.60. The van der Waals surface area contributed by atoms with Crippen molar-refractivity contribution in [3.05, 3.63) is 76.6 Å². The Bertz CT molecular complexity index is 1530. The second-order valence-corrected chi connectivity index (χ2v) is 10.0. The highest BCUT2D eigenvalue weighted by molar-refractivity contribution is 6.31. The Balaban J connectivity index is 1.42. The first-order valence-electron chi connectivity index (χ1n) is 11.7. The number of carbonyl (C=O) groups is 2. The van der Waals surface area contributed by atoms with Gasteiger partial charge in [-0.1, -0.05) is 23.7 Å². The van der Waals surface area contributed by atoms with E-state index in [2.05, 4.69) is 15.4 Å². The summed E-state index contributed by atoms with van der Waals surface area (Å²) in [5.74, 6) is 0.522. The van der Waals surface area contributed by atoms with E-state index in [4.69, 9.17) is 11.6 Å². The summed E-state index contributed by atoms with van der Waals surface area (Å²) in [7, 11) is 1.82. The molecule has 36 heavy (non-hydrogen) atoms. The zero-order valence-electron chi connectivity index (χ0n) is 19.8. The Kier molecular flexibility index (Phi) is 5.01. The number of nitrogens with zero attached hydrogens (tertiary/aromatic N) is 4. The summed E-state index contributed by atoms with van der Waals surface area (Å²) < 4.78 is 1.68. The quantitative estimate of drug-likeness (QED) is 0.356. The maximum absolute atomic E-state index is 13.8. The van der Waals surface area contributed by atoms with Gasteiger partial charge in [-0.3, -0.25) is 19.3 Å². The van der Waals surface area contributed by atoms with E-state index in [0.29, 0.717) is 23.8 Å². The van der Waals surface area contributed by atoms with E-state index in [0.717, 1.165) is 27.7 Å². The number of benzene rings is 2. The highest BCUT2D eigenvalue weighted by atomic mass is 35.5. The van der Waals surface area contributed by atoms with Crippen molar-refractivity contribution in [2.75, 3.05) is 18.4 Å². The maximum atomic E-state index is 13.8. The summed E-state index contributed by atoms with van der Waals surface area (Å²) in [6, 6.07) is 13.3. The molecule has 10 heteroatoms. The number of amides is 3. The van der Waals surface area contributed by atoms with Crippen LogP contribution in [0.3, 0.4) is 0 Å². The molecule has 184 valence electrons. The number of aromatic hydroxyl groups is 1. The molecule has 2 atom stereocenters. The van der Waals surface area contributed by atoms with Crippen LogP contribution >= 0.6 is 11.6 Å². The Morgan fingerprint density at radius 2 is 2.06 bits per heavy atom. The Morgan fingerprint density at radius 1 is 1.22 bits per heavy atom. The SMILES string of the molecule is Cn1ccc(NCCN2C(=O)N3[C@H](c4cccc(O)c4)c4[nH]c5ccc(Cl)cc5c4C[C@@]3(C)C2=O)n1. The second-order valence-electron chi connectivity index (χ2n) is 9.57. The summed E-state index contributed by atoms with van der Waals surface area (Å²) in [6.07, 6.45) is 2.17. The third-order valence-electron chi connectivity index (χ3n) is 7.17. The number of fused-ring (bicyclic) bond motifs is 4. The Hall–Kier alpha value is -3.98. The van der Waals surface area contributed by atoms with Crippen molar-refractivity contribution in [1.82, 2.24) is 24.6 Å². The van der Waals surface area contributed by atoms with Gasteiger partial charge in [0.2, 0.25) is 0 Å². The van der Waals surface area contributed by atoms with Crippen LogP contribution in [-0.4, -0.2) is 60.2 Å². The van der Waals surface area contributed by atoms with Gasteiger partial charge in [0.25, 0.3) is 5.91 Å². The van der Waals surface area contributed by atoms with Gasteiger partial charge in [0, 0.05) is 60.4 Å². The second kappa shape index (κ2) is 8.03. The molecule has 2 aromatic carbocycles. The molecule has 0 saturated carbocycles. The van der Waals surface area contributed by atoms with Gasteiger partial charge >= 0.3 is 6.03 Å². The summed E-state index contributed by atoms with van der Waals surface area (Å²) in [5, 5.41) is 19.2. The minimum Gasteiger partial charge on any atom is -0.508 e. The van der Waals surface area contributed by atoms with Gasteiger partial charge in [0.1, 0.15) is 23.1 Å². The lowest BCUT2D eigenvalue weighted by atomic mass is 9.81. The van der Waals surface area contributed by atoms with Crippen LogP contribution in [0.25, 0.3) is 10.9 Å². The van der Waals surface area contributed by atoms with Crippen molar-refractivity contribution >= 4 is 40.3 Å². The van der Waals surface area contributed by atoms with Crippen molar-refractivity contribution in [1.29, 1.82) is 0 Å². The molecule has 0 unspecified atom stereocenters. The summed E-state index contributed by atoms with van der Waals surface area (Å²) in [6.45, 7) is 2.40. The zero-order chi connectivity index (χ0) is 25.2. The molecule has 0 aliphatic carbocycles. The number of phenols is 1. The Morgan fingerprint density at radius 3 is 2.81 bits per heavy atom. The minimum absolute atomic E-state index is 0.0925. The number of hydrogen-bond donors (Lipinski definition) is 3. The van der Waals surface area contributed by atoms with Crippen LogP contribution in [0.4, 0.5) is 10.6 Å². The first-order valence-corrected chi connectivity index (χ1v) is 12.1. The number of rotatable bonds is 5. The van der Waals surface area contributed by atoms with Crippen molar-refractivity contribution in [2.24, 2.45) is 7.05 Å². The Labute approximate surface area is 212 Å². The van der Waals surface area contributed by atoms with E-state index in [1.54, 1.807) is 27.8 Å². The summed E-state index contributed by atoms with van der Waals surface area (Å²) >= 11 is 6.32. The number of aromatic amines is 1. The molecule has 3 amide bonds. The van der Waals surface area contributed by atoms with E-state index < -0.39 is 11.6 Å². The number of aryl methyl sites for hydroxylation is 1. The molecular formula is C26H25ClN6O3. The average Bonchev–Trinajstić information content (AvgIpc) is 3.47. The summed E-state index contributed by atoms with van der Waals surface area (Å²) in [5.41, 5.74) is 2.28. The molecule has 2 aliphatic heterocycles. The predicted octanol–water partition coefficient (Wildman–Crippen LogP) is 4.04. The fourth-order valence-electron chi connectivity index (χ4n) is 5.53. The molecule has 3 N–H and O–H groups in total. The van der Waals surface area contributed by atoms with Crippen LogP contribution in [0, 0.1) is 0 Å². The van der Waals surface area contributed by atoms with Gasteiger partial charge in [0.15, 0.2) is 0 Å². The van der Waals surface area contributed by atoms with Gasteiger partial charge in [-0.15, -0.1) is 0 Å². The van der Waals surface area contributed by atoms with E-state index in [-0.39, 0.29) is 24.2 Å². The number of hydrogen-bond acceptors (Lipinski definition) is 5. The van der Waals surface area contributed by atoms with Crippen LogP contribution < -0.4 is 5.32 Å². The highest BCUT2D eigenvalue weighted by Crippen LogP contribution is 2.49. The first-order chi connectivity index (χ1) is 17.3. The number of H-pyrrole nitrogens is 1. The third kappa shape index (κ3) is 3.34. The molecule has 0 spiro atoms. The maximum Gasteiger partial charge on any atom is 0.328 e. The van der Waals surface area contributed by atoms with Crippen molar-refractivity contribution in [3.63, 3.8) is 0 Å². The fourth-order valence-corrected chi connectivity index (χ4v) is 5.70. The van der Waals surface area contributed by atoms with Crippen LogP contribution in [-0.2, 0) is 18.3 Å². The van der Waals surface area contributed by atoms with Crippen molar-refractivity contribution in [3.8, 4) is 5.75 Å². The number of imide groups is 1. The fraction of sp³-hybridized carbons (Fsp3) is 0.269. The number of urea groups is 1. The molecule has 2 aliphatic rings. The predicted molar refractivity (Wildman–Crippen MR) is 136 cm³/mol. The molecule has 0 radical (unpaired) electrons. The summed E-state index contributed by atoms with van der Waals surface area (Å²) in [4.78, 5) is 34.1. The standard InChI is InChI=1S/C26H25ClN6O3/c1-26-14-19-18-13-16(27)6-7-20(18)29-22(19)23(15-4-3-5-17(34)12-15)33(26)25(36)32(24(26)35)11-9-28-21-8-10-31(2)30-21/h3-8,10,12-13,23,29,34H,9,11,14H2,1-2H3,(H,28,30)/t23-,26+/m1/s1. The lowest BCUT2D eigenvalue weighted by molar-refractivity contribution is -0.133. The van der Waals surface area contributed by atoms with Gasteiger partial charge in [-0.25, -0.2) is 4.79 Å². The van der Waals surface area contributed by atoms with Gasteiger partial charge in [-0.2, -0.15) is 5.10 Å². The molecule has 4 heterocycles. The molecule has 9 nitrogen and oxygen atoms in total. The number of halogens is 1. The minimum atomic E-state index is -1.09. The average molecular weight is 505 g/mol. The van der Waals surface area contributed by atoms with Crippen LogP contribution in [0.5, 0.6) is 5.75 Å². The van der Waals surface area contributed by atoms with Crippen molar-refractivity contribution in [2.45, 2.75) is 24.9 Å². The van der Waals surface area contributed by atoms with Gasteiger partial charge < -0.3 is 15.4 Å². The molecule has 0 bridgehead atoms. The van der Waals surface area contributed by atoms with Gasteiger partial charge in [0.05, 0.1) is 0 Å². The van der Waals surface area contributed by atoms with E-state index >= 15 is 0 Å². The van der Waals surface area contributed by atoms with Crippen LogP contribution in [0.2, 0.25) is 5.02 Å². The van der Waals surface area contributed by atoms with Gasteiger partial charge in [-0.05, 0) is 48.4 Å². The number of phenolic OH excluding ortho intramolecular Hbond substituents is 1. The molecule has 1 saturated heterocycles. The monoisotopic (exact) mass is 504 g/mol. The number of carbonyl (C=O) groups excluding carboxylic acids is 2. The number of nitrogens with one attached hydrogen (secondary N) is 2. The first kappa shape index (κ1) is 22.5. The van der Waals surface area contributed by atoms with E-state index in [1.807, 2.05) is 50.5 Å². The number of aromatic nitrogens is 3. The van der Waals surface area contributed by atoms with Crippen molar-refractivity contribution < 1.29 is 14.7 Å². The lowest BCUT2D eigenvalue weighted by Gasteiger charge is -2.42. The third-order valence-corrected chi connectivity index (χ3v) is 7.40. The largest absolute Gasteiger partial charge is 0.508 e. The van der Waals surface area contributed by atoms with Crippen LogP contribution in [0.1, 0.15) is 29.8 Å². The zero-order valence-corrected chi connectivity index (χ0v) is 20.6. The number of anilines is 1. The topological polar surface area (TPSA) is 106 Å². The van der Waals surface area contributed by atoms with Crippen LogP contribution in [0.15, 0.2) is 54.7 Å². The molecular weight excluding hydrogens is 480 g/mol. The normalized spacial score (nSPS) is 21.2. The smallest absolute Gasteiger partial charge is 0.328 e. The molecule has 6 rings (SSSR count). The molecule has 1 fully saturated rings. The van der Waals surface area contributed by atoms with E-state index in [9.17, 15) is 14.7 Å². The molecule has 4 aromatic rings. The van der Waals surface area contributed by atoms with E-state index in [1.165, 1.54) is 4.90 Å². The lowest BCUT2D eigenvalue weighted by Crippen LogP contribution is -2.53. The molecule has 2 aromatic heterocycles.